The number of benzene rings is 1. The fraction of sp³-hybridized carbons (Fsp3) is 0.567. The van der Waals surface area contributed by atoms with Gasteiger partial charge in [0.1, 0.15) is 12.2 Å². The standard InChI is InChI=1S/C30H40N2O10/c1-15(2)23-22(14-21-12-10-9-11-13-21)26(31-32(23)16(3)4)42-27-29(39,19(7)35)30(40,20(8)36)28(38,18(6)34)25(41-27)24(37)17(5)33/h9-13,15-16,24-25,27,37-40H,14H2,1-8H3/t24?,25-,27+,28-,29+,30+/m1/s1. The van der Waals surface area contributed by atoms with Gasteiger partial charge in [-0.15, -0.1) is 5.10 Å². The van der Waals surface area contributed by atoms with Crippen molar-refractivity contribution in [2.45, 2.75) is 109 Å². The molecule has 0 bridgehead atoms. The predicted octanol–water partition coefficient (Wildman–Crippen LogP) is 1.19. The lowest BCUT2D eigenvalue weighted by Gasteiger charge is -2.57. The van der Waals surface area contributed by atoms with Crippen LogP contribution in [0, 0.1) is 0 Å². The number of nitrogens with zero attached hydrogens (tertiary/aromatic N) is 2. The summed E-state index contributed by atoms with van der Waals surface area (Å²) in [6, 6.07) is 9.13. The number of rotatable bonds is 11. The molecule has 2 heterocycles. The summed E-state index contributed by atoms with van der Waals surface area (Å²) < 4.78 is 13.4. The second-order valence-corrected chi connectivity index (χ2v) is 11.5. The molecule has 1 aliphatic rings. The van der Waals surface area contributed by atoms with Crippen LogP contribution in [0.4, 0.5) is 0 Å². The minimum absolute atomic E-state index is 0.0841. The number of aromatic nitrogens is 2. The molecule has 230 valence electrons. The highest BCUT2D eigenvalue weighted by molar-refractivity contribution is 6.05. The molecule has 1 aromatic carbocycles. The van der Waals surface area contributed by atoms with E-state index in [0.29, 0.717) is 5.56 Å². The van der Waals surface area contributed by atoms with E-state index in [2.05, 4.69) is 5.10 Å². The van der Waals surface area contributed by atoms with Gasteiger partial charge in [-0.25, -0.2) is 0 Å². The number of hydrogen-bond donors (Lipinski definition) is 4. The molecule has 1 aromatic heterocycles. The summed E-state index contributed by atoms with van der Waals surface area (Å²) in [5.74, 6) is -5.25. The molecule has 0 amide bonds. The largest absolute Gasteiger partial charge is 0.443 e. The first kappa shape index (κ1) is 33.2. The normalized spacial score (nSPS) is 28.5. The lowest BCUT2D eigenvalue weighted by atomic mass is 9.60. The van der Waals surface area contributed by atoms with Gasteiger partial charge < -0.3 is 29.9 Å². The van der Waals surface area contributed by atoms with E-state index >= 15 is 0 Å². The highest BCUT2D eigenvalue weighted by atomic mass is 16.7. The Labute approximate surface area is 244 Å². The van der Waals surface area contributed by atoms with Gasteiger partial charge in [0.2, 0.25) is 23.4 Å². The van der Waals surface area contributed by atoms with E-state index in [0.717, 1.165) is 39.0 Å². The monoisotopic (exact) mass is 588 g/mol. The minimum Gasteiger partial charge on any atom is -0.443 e. The average Bonchev–Trinajstić information content (AvgIpc) is 3.26. The average molecular weight is 589 g/mol. The fourth-order valence-corrected chi connectivity index (χ4v) is 5.67. The Hall–Kier alpha value is -3.29. The SMILES string of the molecule is CC(=O)C(O)[C@H]1O[C@@H](Oc2nn(C(C)C)c(C(C)C)c2Cc2ccccc2)[C@@](O)(C(C)=O)[C@](O)(C(C)=O)[C@@]1(O)C(C)=O. The predicted molar refractivity (Wildman–Crippen MR) is 149 cm³/mol. The van der Waals surface area contributed by atoms with Crippen molar-refractivity contribution in [1.29, 1.82) is 0 Å². The van der Waals surface area contributed by atoms with Gasteiger partial charge in [0.05, 0.1) is 0 Å². The highest BCUT2D eigenvalue weighted by Gasteiger charge is 2.80. The van der Waals surface area contributed by atoms with E-state index in [1.807, 2.05) is 58.0 Å². The van der Waals surface area contributed by atoms with Gasteiger partial charge in [0.15, 0.2) is 28.7 Å². The van der Waals surface area contributed by atoms with Crippen molar-refractivity contribution in [3.63, 3.8) is 0 Å². The molecule has 0 radical (unpaired) electrons. The van der Waals surface area contributed by atoms with Crippen LogP contribution in [0.15, 0.2) is 30.3 Å². The second-order valence-electron chi connectivity index (χ2n) is 11.5. The Morgan fingerprint density at radius 3 is 1.90 bits per heavy atom. The van der Waals surface area contributed by atoms with Crippen LogP contribution in [0.25, 0.3) is 0 Å². The van der Waals surface area contributed by atoms with Crippen LogP contribution in [0.2, 0.25) is 0 Å². The second kappa shape index (κ2) is 11.8. The van der Waals surface area contributed by atoms with Crippen molar-refractivity contribution in [3.8, 4) is 5.88 Å². The summed E-state index contributed by atoms with van der Waals surface area (Å²) in [5.41, 5.74) is -8.26. The Bertz CT molecular complexity index is 1370. The first-order valence-electron chi connectivity index (χ1n) is 13.7. The minimum atomic E-state index is -3.61. The van der Waals surface area contributed by atoms with Crippen molar-refractivity contribution in [3.05, 3.63) is 47.2 Å². The highest BCUT2D eigenvalue weighted by Crippen LogP contribution is 2.48. The van der Waals surface area contributed by atoms with Gasteiger partial charge in [-0.1, -0.05) is 44.2 Å². The molecule has 42 heavy (non-hydrogen) atoms. The van der Waals surface area contributed by atoms with Gasteiger partial charge in [0, 0.05) is 23.7 Å². The topological polar surface area (TPSA) is 185 Å². The van der Waals surface area contributed by atoms with Crippen molar-refractivity contribution < 1.29 is 49.1 Å². The number of ether oxygens (including phenoxy) is 2. The third-order valence-corrected chi connectivity index (χ3v) is 7.90. The summed E-state index contributed by atoms with van der Waals surface area (Å²) in [7, 11) is 0. The van der Waals surface area contributed by atoms with E-state index in [1.54, 1.807) is 4.68 Å². The van der Waals surface area contributed by atoms with Gasteiger partial charge in [-0.2, -0.15) is 0 Å². The fourth-order valence-electron chi connectivity index (χ4n) is 5.67. The Morgan fingerprint density at radius 2 is 1.48 bits per heavy atom. The first-order valence-corrected chi connectivity index (χ1v) is 13.7. The smallest absolute Gasteiger partial charge is 0.242 e. The summed E-state index contributed by atoms with van der Waals surface area (Å²) >= 11 is 0. The number of carbonyl (C=O) groups is 4. The van der Waals surface area contributed by atoms with Gasteiger partial charge >= 0.3 is 0 Å². The van der Waals surface area contributed by atoms with Crippen molar-refractivity contribution >= 4 is 23.1 Å². The van der Waals surface area contributed by atoms with Crippen LogP contribution in [-0.2, 0) is 30.3 Å². The van der Waals surface area contributed by atoms with E-state index in [9.17, 15) is 39.6 Å². The number of Topliss-reactive ketones (excluding diaryl/α,β-unsaturated/α-hetero) is 4. The molecule has 0 saturated carbocycles. The Morgan fingerprint density at radius 1 is 0.929 bits per heavy atom. The summed E-state index contributed by atoms with van der Waals surface area (Å²) in [5, 5.41) is 50.6. The van der Waals surface area contributed by atoms with Crippen LogP contribution < -0.4 is 4.74 Å². The van der Waals surface area contributed by atoms with Gasteiger partial charge in [0.25, 0.3) is 0 Å². The molecule has 0 aliphatic carbocycles. The number of hydrogen-bond acceptors (Lipinski definition) is 11. The lowest BCUT2D eigenvalue weighted by Crippen LogP contribution is -2.87. The van der Waals surface area contributed by atoms with Crippen LogP contribution in [-0.4, -0.2) is 88.6 Å². The molecule has 3 rings (SSSR count). The van der Waals surface area contributed by atoms with Crippen molar-refractivity contribution in [2.75, 3.05) is 0 Å². The Balaban J connectivity index is 2.34. The molecule has 1 aliphatic heterocycles. The van der Waals surface area contributed by atoms with E-state index < -0.39 is 58.4 Å². The van der Waals surface area contributed by atoms with Crippen molar-refractivity contribution in [2.24, 2.45) is 0 Å². The molecule has 0 spiro atoms. The number of aliphatic hydroxyl groups is 4. The van der Waals surface area contributed by atoms with E-state index in [4.69, 9.17) is 9.47 Å². The summed E-state index contributed by atoms with van der Waals surface area (Å²) in [6.07, 6.45) is -6.61. The van der Waals surface area contributed by atoms with Crippen LogP contribution in [0.1, 0.15) is 84.2 Å². The van der Waals surface area contributed by atoms with Gasteiger partial charge in [-0.05, 0) is 53.0 Å². The van der Waals surface area contributed by atoms with Crippen LogP contribution >= 0.6 is 0 Å². The number of ketones is 4. The lowest BCUT2D eigenvalue weighted by molar-refractivity contribution is -0.358. The molecule has 12 heteroatoms. The molecule has 6 atom stereocenters. The zero-order chi connectivity index (χ0) is 31.9. The maximum Gasteiger partial charge on any atom is 0.242 e. The summed E-state index contributed by atoms with van der Waals surface area (Å²) in [6.45, 7) is 10.9. The third kappa shape index (κ3) is 5.01. The molecule has 1 unspecified atom stereocenters. The quantitative estimate of drug-likeness (QED) is 0.295. The summed E-state index contributed by atoms with van der Waals surface area (Å²) in [4.78, 5) is 51.3. The zero-order valence-corrected chi connectivity index (χ0v) is 25.1. The molecule has 1 fully saturated rings. The van der Waals surface area contributed by atoms with Crippen LogP contribution in [0.3, 0.4) is 0 Å². The molecule has 1 saturated heterocycles. The molecular weight excluding hydrogens is 548 g/mol. The van der Waals surface area contributed by atoms with Crippen LogP contribution in [0.5, 0.6) is 5.88 Å². The number of aliphatic hydroxyl groups excluding tert-OH is 1. The van der Waals surface area contributed by atoms with E-state index in [1.165, 1.54) is 0 Å². The zero-order valence-electron chi connectivity index (χ0n) is 25.1. The molecule has 12 nitrogen and oxygen atoms in total. The first-order chi connectivity index (χ1) is 19.4. The Kier molecular flexibility index (Phi) is 9.31. The maximum atomic E-state index is 13.1. The molecule has 2 aromatic rings. The maximum absolute atomic E-state index is 13.1. The van der Waals surface area contributed by atoms with E-state index in [-0.39, 0.29) is 24.3 Å². The third-order valence-electron chi connectivity index (χ3n) is 7.90. The molecular formula is C30H40N2O10. The van der Waals surface area contributed by atoms with Crippen molar-refractivity contribution in [1.82, 2.24) is 9.78 Å². The van der Waals surface area contributed by atoms with Gasteiger partial charge in [-0.3, -0.25) is 23.9 Å². The number of carbonyl (C=O) groups excluding carboxylic acids is 4. The molecule has 4 N–H and O–H groups in total.